The summed E-state index contributed by atoms with van der Waals surface area (Å²) in [6.07, 6.45) is 10.2. The van der Waals surface area contributed by atoms with Crippen molar-refractivity contribution in [3.05, 3.63) is 52.6 Å². The van der Waals surface area contributed by atoms with Gasteiger partial charge in [0.25, 0.3) is 0 Å². The van der Waals surface area contributed by atoms with Gasteiger partial charge in [-0.3, -0.25) is 29.2 Å². The van der Waals surface area contributed by atoms with Crippen molar-refractivity contribution >= 4 is 34.7 Å². The monoisotopic (exact) mass is 720 g/mol. The Morgan fingerprint density at radius 1 is 1.04 bits per heavy atom. The number of ether oxygens (including phenoxy) is 4. The average Bonchev–Trinajstić information content (AvgIpc) is 3.51. The Labute approximate surface area is 310 Å². The van der Waals surface area contributed by atoms with Crippen LogP contribution in [0.25, 0.3) is 5.57 Å². The zero-order chi connectivity index (χ0) is 36.6. The van der Waals surface area contributed by atoms with Gasteiger partial charge >= 0.3 is 11.9 Å². The number of allylic oxidation sites excluding steroid dienone is 4. The molecule has 2 spiro atoms. The Bertz CT molecular complexity index is 2070. The van der Waals surface area contributed by atoms with Crippen LogP contribution < -0.4 is 9.64 Å². The number of piperidine rings is 2. The summed E-state index contributed by atoms with van der Waals surface area (Å²) in [6.45, 7) is 7.50. The molecule has 1 aromatic carbocycles. The molecule has 0 N–H and O–H groups in total. The molecule has 8 fully saturated rings. The number of hydrogen-bond donors (Lipinski definition) is 0. The van der Waals surface area contributed by atoms with Gasteiger partial charge in [0, 0.05) is 66.9 Å². The highest BCUT2D eigenvalue weighted by Crippen LogP contribution is 2.71. The maximum Gasteiger partial charge on any atom is 0.310 e. The van der Waals surface area contributed by atoms with Crippen molar-refractivity contribution in [3.8, 4) is 5.75 Å². The van der Waals surface area contributed by atoms with Gasteiger partial charge in [-0.05, 0) is 87.8 Å². The van der Waals surface area contributed by atoms with E-state index in [0.717, 1.165) is 80.8 Å². The van der Waals surface area contributed by atoms with E-state index in [4.69, 9.17) is 23.9 Å². The maximum atomic E-state index is 14.7. The summed E-state index contributed by atoms with van der Waals surface area (Å²) in [5.41, 5.74) is 4.22. The van der Waals surface area contributed by atoms with Crippen molar-refractivity contribution in [2.24, 2.45) is 34.1 Å². The third-order valence-electron chi connectivity index (χ3n) is 16.4. The van der Waals surface area contributed by atoms with Gasteiger partial charge < -0.3 is 23.8 Å². The number of esters is 2. The van der Waals surface area contributed by atoms with Crippen LogP contribution in [-0.2, 0) is 34.0 Å². The van der Waals surface area contributed by atoms with Crippen LogP contribution in [0.2, 0.25) is 0 Å². The Balaban J connectivity index is 1.08. The van der Waals surface area contributed by atoms with Gasteiger partial charge in [-0.2, -0.15) is 0 Å². The second-order valence-electron chi connectivity index (χ2n) is 17.5. The fourth-order valence-corrected chi connectivity index (χ4v) is 14.4. The lowest BCUT2D eigenvalue weighted by Gasteiger charge is -2.64. The van der Waals surface area contributed by atoms with Crippen molar-refractivity contribution in [2.45, 2.75) is 80.8 Å². The van der Waals surface area contributed by atoms with Gasteiger partial charge in [0.2, 0.25) is 0 Å². The molecular weight excluding hydrogens is 672 g/mol. The van der Waals surface area contributed by atoms with Crippen molar-refractivity contribution < 1.29 is 33.3 Å². The van der Waals surface area contributed by atoms with Gasteiger partial charge in [0.1, 0.15) is 17.0 Å². The molecule has 12 rings (SSSR count). The van der Waals surface area contributed by atoms with Crippen LogP contribution in [0, 0.1) is 29.1 Å². The highest BCUT2D eigenvalue weighted by atomic mass is 16.6. The SMILES string of the molecule is CC=C1CN2CC[C@@]34C5=CC(=O)C(c6cc7c(cc6OC)N(C)[C@H]6C8C[C@H]9C(C(=O)OC)[C@]76CCN8C[C@]96O[C@@H]6C)=CC5=N[C@@]23CC[C@H]1C4C(=O)OC. The van der Waals surface area contributed by atoms with Gasteiger partial charge in [-0.25, -0.2) is 0 Å². The Kier molecular flexibility index (Phi) is 6.33. The number of fused-ring (bicyclic) bond motifs is 6. The number of carbonyl (C=O) groups is 3. The number of ketones is 1. The summed E-state index contributed by atoms with van der Waals surface area (Å²) >= 11 is 0. The number of methoxy groups -OCH3 is 3. The minimum atomic E-state index is -0.628. The Morgan fingerprint density at radius 3 is 2.53 bits per heavy atom. The second-order valence-corrected chi connectivity index (χ2v) is 17.5. The molecule has 8 aliphatic heterocycles. The van der Waals surface area contributed by atoms with Crippen molar-refractivity contribution in [1.29, 1.82) is 0 Å². The lowest BCUT2D eigenvalue weighted by atomic mass is 9.48. The van der Waals surface area contributed by atoms with Gasteiger partial charge in [0.15, 0.2) is 5.78 Å². The molecule has 12 atom stereocenters. The predicted octanol–water partition coefficient (Wildman–Crippen LogP) is 3.70. The van der Waals surface area contributed by atoms with Gasteiger partial charge in [0.05, 0.1) is 56.4 Å². The summed E-state index contributed by atoms with van der Waals surface area (Å²) in [6, 6.07) is 4.58. The van der Waals surface area contributed by atoms with Crippen LogP contribution in [0.5, 0.6) is 5.75 Å². The quantitative estimate of drug-likeness (QED) is 0.198. The summed E-state index contributed by atoms with van der Waals surface area (Å²) in [7, 11) is 6.80. The topological polar surface area (TPSA) is 114 Å². The van der Waals surface area contributed by atoms with Crippen molar-refractivity contribution in [2.75, 3.05) is 59.5 Å². The normalized spacial score (nSPS) is 45.5. The number of benzene rings is 1. The lowest BCUT2D eigenvalue weighted by molar-refractivity contribution is -0.169. The molecular formula is C42H48N4O7. The molecule has 1 aromatic rings. The van der Waals surface area contributed by atoms with Crippen LogP contribution in [0.4, 0.5) is 5.69 Å². The number of likely N-dealkylation sites (N-methyl/N-ethyl adjacent to an activating group) is 1. The van der Waals surface area contributed by atoms with E-state index in [9.17, 15) is 14.4 Å². The molecule has 0 radical (unpaired) electrons. The van der Waals surface area contributed by atoms with E-state index in [0.29, 0.717) is 16.9 Å². The van der Waals surface area contributed by atoms with E-state index in [1.807, 2.05) is 6.08 Å². The van der Waals surface area contributed by atoms with Crippen LogP contribution in [0.3, 0.4) is 0 Å². The number of hydrogen-bond acceptors (Lipinski definition) is 11. The molecule has 4 unspecified atom stereocenters. The van der Waals surface area contributed by atoms with Gasteiger partial charge in [-0.15, -0.1) is 0 Å². The molecule has 0 amide bonds. The van der Waals surface area contributed by atoms with Crippen molar-refractivity contribution in [1.82, 2.24) is 9.80 Å². The zero-order valence-electron chi connectivity index (χ0n) is 31.4. The first kappa shape index (κ1) is 32.6. The minimum absolute atomic E-state index is 0.0407. The molecule has 6 saturated heterocycles. The van der Waals surface area contributed by atoms with Crippen molar-refractivity contribution in [3.63, 3.8) is 0 Å². The van der Waals surface area contributed by atoms with Gasteiger partial charge in [-0.1, -0.05) is 11.6 Å². The third-order valence-corrected chi connectivity index (χ3v) is 16.4. The lowest BCUT2D eigenvalue weighted by Crippen LogP contribution is -2.76. The summed E-state index contributed by atoms with van der Waals surface area (Å²) in [5, 5.41) is 0. The first-order valence-corrected chi connectivity index (χ1v) is 19.6. The molecule has 2 saturated carbocycles. The smallest absolute Gasteiger partial charge is 0.310 e. The number of aliphatic imine (C=N–C) groups is 1. The van der Waals surface area contributed by atoms with Crippen LogP contribution in [-0.4, -0.2) is 117 Å². The van der Waals surface area contributed by atoms with E-state index in [1.165, 1.54) is 19.8 Å². The average molecular weight is 721 g/mol. The fraction of sp³-hybridized carbons (Fsp3) is 0.619. The van der Waals surface area contributed by atoms with E-state index in [-0.39, 0.29) is 59.3 Å². The molecule has 3 aliphatic carbocycles. The van der Waals surface area contributed by atoms with E-state index in [2.05, 4.69) is 53.8 Å². The summed E-state index contributed by atoms with van der Waals surface area (Å²) in [5.74, 6) is -0.583. The largest absolute Gasteiger partial charge is 0.496 e. The summed E-state index contributed by atoms with van der Waals surface area (Å²) < 4.78 is 23.7. The minimum Gasteiger partial charge on any atom is -0.496 e. The second kappa shape index (κ2) is 10.3. The zero-order valence-corrected chi connectivity index (χ0v) is 31.4. The number of epoxide rings is 1. The number of anilines is 1. The van der Waals surface area contributed by atoms with Crippen LogP contribution in [0.15, 0.2) is 46.5 Å². The predicted molar refractivity (Wildman–Crippen MR) is 196 cm³/mol. The molecule has 53 heavy (non-hydrogen) atoms. The number of carbonyl (C=O) groups excluding carboxylic acids is 3. The number of rotatable bonds is 4. The Morgan fingerprint density at radius 2 is 1.81 bits per heavy atom. The highest BCUT2D eigenvalue weighted by Gasteiger charge is 2.77. The molecule has 11 heteroatoms. The first-order valence-electron chi connectivity index (χ1n) is 19.6. The first-order chi connectivity index (χ1) is 25.5. The highest BCUT2D eigenvalue weighted by molar-refractivity contribution is 6.37. The van der Waals surface area contributed by atoms with E-state index in [1.54, 1.807) is 13.2 Å². The maximum absolute atomic E-state index is 14.7. The van der Waals surface area contributed by atoms with Crippen LogP contribution >= 0.6 is 0 Å². The molecule has 278 valence electrons. The molecule has 7 bridgehead atoms. The number of nitrogens with zero attached hydrogens (tertiary/aromatic N) is 4. The fourth-order valence-electron chi connectivity index (χ4n) is 14.4. The molecule has 8 heterocycles. The molecule has 11 aliphatic rings. The molecule has 11 nitrogen and oxygen atoms in total. The third kappa shape index (κ3) is 3.47. The molecule has 0 aromatic heterocycles. The van der Waals surface area contributed by atoms with E-state index >= 15 is 0 Å². The van der Waals surface area contributed by atoms with Crippen LogP contribution in [0.1, 0.15) is 57.1 Å². The standard InChI is InChI=1S/C42H48N4O7/c1-7-22-19-46-13-11-40-26-17-32(47)24(15-29(26)43-42(40,46)9-8-23(22)34(40)37(48)51-5)25-14-27-30(18-33(25)50-4)44(3)36-31-16-28-35(38(49)52-6)39(27,36)10-12-45(31)20-41(28)21(2)53-41/h7,14-15,17-18,21,23,28,31,34-36H,8-13,16,19-20H2,1-6H3/t21-,23-,28+,31?,34?,35?,36+,39+,40+,41-,42+/m1/s1. The van der Waals surface area contributed by atoms with E-state index < -0.39 is 22.4 Å². The summed E-state index contributed by atoms with van der Waals surface area (Å²) in [4.78, 5) is 55.7. The Hall–Kier alpha value is -3.80.